The van der Waals surface area contributed by atoms with Crippen molar-refractivity contribution in [3.05, 3.63) is 188 Å². The Bertz CT molecular complexity index is 4230. The van der Waals surface area contributed by atoms with E-state index in [0.717, 1.165) is 79.1 Å². The molecule has 73 heavy (non-hydrogen) atoms. The Morgan fingerprint density at radius 2 is 0.986 bits per heavy atom. The molecular formula is C64H45NO8. The van der Waals surface area contributed by atoms with Gasteiger partial charge in [0.25, 0.3) is 0 Å². The van der Waals surface area contributed by atoms with Crippen LogP contribution in [0.5, 0.6) is 40.2 Å². The average molecular weight is 956 g/mol. The van der Waals surface area contributed by atoms with Crippen LogP contribution in [-0.4, -0.2) is 35.7 Å². The average Bonchev–Trinajstić information content (AvgIpc) is 3.82. The molecule has 0 amide bonds. The van der Waals surface area contributed by atoms with E-state index in [1.54, 1.807) is 0 Å². The summed E-state index contributed by atoms with van der Waals surface area (Å²) in [6.07, 6.45) is 6.86. The molecule has 1 aliphatic carbocycles. The Balaban J connectivity index is 1.14. The summed E-state index contributed by atoms with van der Waals surface area (Å²) in [7, 11) is 0. The molecule has 0 unspecified atom stereocenters. The van der Waals surface area contributed by atoms with Gasteiger partial charge < -0.3 is 45.1 Å². The van der Waals surface area contributed by atoms with Crippen molar-refractivity contribution in [1.29, 1.82) is 0 Å². The Hall–Kier alpha value is -9.60. The van der Waals surface area contributed by atoms with Gasteiger partial charge in [-0.1, -0.05) is 140 Å². The minimum absolute atomic E-state index is 0.00971. The number of phenols is 7. The monoisotopic (exact) mass is 955 g/mol. The first kappa shape index (κ1) is 43.4. The van der Waals surface area contributed by atoms with Gasteiger partial charge in [0, 0.05) is 27.7 Å². The molecule has 354 valence electrons. The minimum atomic E-state index is -0.987. The molecule has 0 fully saturated rings. The molecule has 0 atom stereocenters. The van der Waals surface area contributed by atoms with E-state index >= 15 is 0 Å². The second kappa shape index (κ2) is 16.8. The highest BCUT2D eigenvalue weighted by Crippen LogP contribution is 2.62. The van der Waals surface area contributed by atoms with E-state index in [-0.39, 0.29) is 32.9 Å². The first-order valence-electron chi connectivity index (χ1n) is 24.3. The highest BCUT2D eigenvalue weighted by Gasteiger charge is 2.34. The standard InChI is InChI=1S/C64H45NO8/c66-56-51(63-52-53-55(59(69)58(68)54(52)57(56)67)60(70)61(71)62(72)64(53)73-63)42-30-41(49-34-40-18-7-8-21-45(40)47-23-9-10-24-48(47)49)32-44(33-42)65(43-20-13-19-39(31-43)36-16-5-2-6-17-36)50-25-12-11-22-46(50)38-28-26-37(27-29-38)35-14-3-1-4-15-35/h2,5-14,16-34,66-72H,1,3-4,15H2. The van der Waals surface area contributed by atoms with Crippen LogP contribution in [0, 0.1) is 0 Å². The molecule has 11 aromatic carbocycles. The number of fused-ring (bicyclic) bond motifs is 3. The zero-order valence-electron chi connectivity index (χ0n) is 39.1. The van der Waals surface area contributed by atoms with Crippen LogP contribution < -0.4 is 4.90 Å². The van der Waals surface area contributed by atoms with Crippen molar-refractivity contribution in [1.82, 2.24) is 0 Å². The Morgan fingerprint density at radius 1 is 0.370 bits per heavy atom. The number of phenolic OH excluding ortho intramolecular Hbond substituents is 7. The second-order valence-electron chi connectivity index (χ2n) is 18.9. The molecule has 1 aliphatic rings. The number of benzene rings is 11. The Labute approximate surface area is 418 Å². The number of rotatable bonds is 8. The summed E-state index contributed by atoms with van der Waals surface area (Å²) in [6, 6.07) is 60.0. The lowest BCUT2D eigenvalue weighted by atomic mass is 9.89. The van der Waals surface area contributed by atoms with Crippen molar-refractivity contribution >= 4 is 76.9 Å². The van der Waals surface area contributed by atoms with Crippen molar-refractivity contribution in [2.45, 2.75) is 25.7 Å². The number of hydrogen-bond donors (Lipinski definition) is 7. The molecule has 9 nitrogen and oxygen atoms in total. The van der Waals surface area contributed by atoms with Crippen LogP contribution >= 0.6 is 0 Å². The minimum Gasteiger partial charge on any atom is -0.504 e. The number of allylic oxidation sites excluding steroid dienone is 2. The smallest absolute Gasteiger partial charge is 0.205 e. The lowest BCUT2D eigenvalue weighted by molar-refractivity contribution is 0.368. The van der Waals surface area contributed by atoms with Crippen LogP contribution in [0.15, 0.2) is 186 Å². The van der Waals surface area contributed by atoms with E-state index in [1.807, 2.05) is 72.8 Å². The van der Waals surface area contributed by atoms with E-state index < -0.39 is 45.6 Å². The molecule has 0 aliphatic heterocycles. The highest BCUT2D eigenvalue weighted by molar-refractivity contribution is 6.32. The van der Waals surface area contributed by atoms with Crippen LogP contribution in [-0.2, 0) is 0 Å². The van der Waals surface area contributed by atoms with Gasteiger partial charge in [0.05, 0.1) is 22.0 Å². The predicted octanol–water partition coefficient (Wildman–Crippen LogP) is 16.5. The zero-order valence-corrected chi connectivity index (χ0v) is 39.1. The van der Waals surface area contributed by atoms with Gasteiger partial charge in [-0.05, 0) is 134 Å². The molecule has 7 N–H and O–H groups in total. The van der Waals surface area contributed by atoms with Gasteiger partial charge in [-0.25, -0.2) is 0 Å². The molecule has 0 spiro atoms. The van der Waals surface area contributed by atoms with Crippen molar-refractivity contribution < 1.29 is 40.2 Å². The van der Waals surface area contributed by atoms with E-state index in [1.165, 1.54) is 24.0 Å². The lowest BCUT2D eigenvalue weighted by Gasteiger charge is -2.29. The van der Waals surface area contributed by atoms with Crippen LogP contribution in [0.2, 0.25) is 0 Å². The largest absolute Gasteiger partial charge is 0.504 e. The SMILES string of the molecule is Oc1c(O)c2oc3c(-c4cc(-c5cc6ccccc6c6ccccc56)cc(N(c5cccc(-c6ccccc6)c5)c5ccccc5-c5ccc(C6=CCCCC6)cc5)c4)c(O)c(O)c4c(O)c(O)c(c1O)c2c34. The Kier molecular flexibility index (Phi) is 9.98. The lowest BCUT2D eigenvalue weighted by Crippen LogP contribution is -2.12. The van der Waals surface area contributed by atoms with Crippen LogP contribution in [0.25, 0.3) is 104 Å². The first-order chi connectivity index (χ1) is 35.6. The van der Waals surface area contributed by atoms with Crippen molar-refractivity contribution in [2.24, 2.45) is 0 Å². The number of hydrogen-bond acceptors (Lipinski definition) is 9. The van der Waals surface area contributed by atoms with E-state index in [2.05, 4.69) is 114 Å². The third-order valence-electron chi connectivity index (χ3n) is 14.7. The second-order valence-corrected chi connectivity index (χ2v) is 18.9. The van der Waals surface area contributed by atoms with Crippen molar-refractivity contribution in [3.8, 4) is 84.8 Å². The molecule has 1 aromatic heterocycles. The third-order valence-corrected chi connectivity index (χ3v) is 14.7. The van der Waals surface area contributed by atoms with Gasteiger partial charge >= 0.3 is 0 Å². The molecule has 0 bridgehead atoms. The summed E-state index contributed by atoms with van der Waals surface area (Å²) >= 11 is 0. The summed E-state index contributed by atoms with van der Waals surface area (Å²) in [5.41, 5.74) is 10.4. The molecule has 0 radical (unpaired) electrons. The molecule has 12 aromatic rings. The number of furan rings is 1. The van der Waals surface area contributed by atoms with Gasteiger partial charge in [-0.15, -0.1) is 0 Å². The summed E-state index contributed by atoms with van der Waals surface area (Å²) in [6.45, 7) is 0. The Morgan fingerprint density at radius 3 is 1.75 bits per heavy atom. The number of para-hydroxylation sites is 1. The van der Waals surface area contributed by atoms with E-state index in [4.69, 9.17) is 4.42 Å². The topological polar surface area (TPSA) is 158 Å². The van der Waals surface area contributed by atoms with Crippen LogP contribution in [0.3, 0.4) is 0 Å². The van der Waals surface area contributed by atoms with E-state index in [0.29, 0.717) is 11.3 Å². The van der Waals surface area contributed by atoms with Crippen molar-refractivity contribution in [3.63, 3.8) is 0 Å². The van der Waals surface area contributed by atoms with Gasteiger partial charge in [0.15, 0.2) is 34.3 Å². The third kappa shape index (κ3) is 6.77. The molecule has 0 saturated carbocycles. The maximum atomic E-state index is 12.4. The summed E-state index contributed by atoms with van der Waals surface area (Å²) in [5, 5.41) is 83.6. The quantitative estimate of drug-likeness (QED) is 0.0582. The molecule has 0 saturated heterocycles. The molecular weight excluding hydrogens is 911 g/mol. The maximum Gasteiger partial charge on any atom is 0.205 e. The van der Waals surface area contributed by atoms with Crippen LogP contribution in [0.1, 0.15) is 31.2 Å². The molecule has 1 heterocycles. The highest BCUT2D eigenvalue weighted by atomic mass is 16.4. The van der Waals surface area contributed by atoms with Gasteiger partial charge in [-0.2, -0.15) is 0 Å². The van der Waals surface area contributed by atoms with Crippen molar-refractivity contribution in [2.75, 3.05) is 4.90 Å². The van der Waals surface area contributed by atoms with Crippen LogP contribution in [0.4, 0.5) is 17.1 Å². The fraction of sp³-hybridized carbons (Fsp3) is 0.0625. The summed E-state index contributed by atoms with van der Waals surface area (Å²) in [4.78, 5) is 2.19. The summed E-state index contributed by atoms with van der Waals surface area (Å²) in [5.74, 6) is -5.96. The fourth-order valence-corrected chi connectivity index (χ4v) is 11.2. The summed E-state index contributed by atoms with van der Waals surface area (Å²) < 4.78 is 6.42. The van der Waals surface area contributed by atoms with Gasteiger partial charge in [-0.3, -0.25) is 0 Å². The fourth-order valence-electron chi connectivity index (χ4n) is 11.2. The normalized spacial score (nSPS) is 12.9. The first-order valence-corrected chi connectivity index (χ1v) is 24.3. The number of nitrogens with zero attached hydrogens (tertiary/aromatic N) is 1. The zero-order chi connectivity index (χ0) is 49.6. The molecule has 9 heteroatoms. The van der Waals surface area contributed by atoms with Gasteiger partial charge in [0.2, 0.25) is 11.5 Å². The maximum absolute atomic E-state index is 12.4. The van der Waals surface area contributed by atoms with Gasteiger partial charge in [0.1, 0.15) is 5.58 Å². The molecule has 13 rings (SSSR count). The van der Waals surface area contributed by atoms with E-state index in [9.17, 15) is 35.7 Å². The predicted molar refractivity (Wildman–Crippen MR) is 292 cm³/mol. The number of aromatic hydroxyl groups is 7. The number of anilines is 3.